The molecular weight excluding hydrogens is 374 g/mol. The minimum Gasteiger partial charge on any atom is -0.306 e. The van der Waals surface area contributed by atoms with Gasteiger partial charge in [0.1, 0.15) is 5.82 Å². The van der Waals surface area contributed by atoms with Crippen LogP contribution in [0.5, 0.6) is 0 Å². The lowest BCUT2D eigenvalue weighted by Crippen LogP contribution is -2.22. The van der Waals surface area contributed by atoms with Crippen molar-refractivity contribution in [3.05, 3.63) is 63.2 Å². The van der Waals surface area contributed by atoms with E-state index in [2.05, 4.69) is 20.4 Å². The van der Waals surface area contributed by atoms with Crippen molar-refractivity contribution < 1.29 is 4.79 Å². The number of hydrogen-bond donors (Lipinski definition) is 2. The molecule has 0 bridgehead atoms. The van der Waals surface area contributed by atoms with Crippen LogP contribution in [-0.2, 0) is 6.42 Å². The van der Waals surface area contributed by atoms with Crippen molar-refractivity contribution in [3.8, 4) is 5.95 Å². The fraction of sp³-hybridized carbons (Fsp3) is 0.300. The number of aromatic nitrogens is 4. The van der Waals surface area contributed by atoms with E-state index < -0.39 is 0 Å². The highest BCUT2D eigenvalue weighted by atomic mass is 32.2. The molecule has 0 unspecified atom stereocenters. The van der Waals surface area contributed by atoms with Gasteiger partial charge in [-0.15, -0.1) is 11.8 Å². The fourth-order valence-corrected chi connectivity index (χ4v) is 3.78. The second-order valence-electron chi connectivity index (χ2n) is 6.27. The van der Waals surface area contributed by atoms with Crippen molar-refractivity contribution in [1.29, 1.82) is 0 Å². The number of anilines is 1. The maximum absolute atomic E-state index is 12.9. The number of carbonyl (C=O) groups is 1. The Morgan fingerprint density at radius 3 is 2.68 bits per heavy atom. The van der Waals surface area contributed by atoms with Gasteiger partial charge in [0.05, 0.1) is 11.3 Å². The number of aromatic amines is 1. The monoisotopic (exact) mass is 397 g/mol. The van der Waals surface area contributed by atoms with Gasteiger partial charge in [0.15, 0.2) is 0 Å². The van der Waals surface area contributed by atoms with Crippen LogP contribution in [0, 0.1) is 13.8 Å². The Labute approximate surface area is 167 Å². The molecule has 146 valence electrons. The van der Waals surface area contributed by atoms with Crippen LogP contribution in [-0.4, -0.2) is 31.4 Å². The van der Waals surface area contributed by atoms with Crippen molar-refractivity contribution in [2.45, 2.75) is 39.0 Å². The third-order valence-electron chi connectivity index (χ3n) is 4.27. The summed E-state index contributed by atoms with van der Waals surface area (Å²) in [5.74, 6) is 1.36. The lowest BCUT2D eigenvalue weighted by atomic mass is 10.2. The van der Waals surface area contributed by atoms with Crippen molar-refractivity contribution >= 4 is 23.5 Å². The molecule has 1 aromatic carbocycles. The molecule has 2 aromatic heterocycles. The fourth-order valence-electron chi connectivity index (χ4n) is 2.98. The Hall–Kier alpha value is -2.87. The van der Waals surface area contributed by atoms with Gasteiger partial charge in [-0.3, -0.25) is 14.6 Å². The van der Waals surface area contributed by atoms with Crippen LogP contribution in [0.25, 0.3) is 5.95 Å². The van der Waals surface area contributed by atoms with Gasteiger partial charge in [0.2, 0.25) is 5.95 Å². The Morgan fingerprint density at radius 1 is 1.25 bits per heavy atom. The van der Waals surface area contributed by atoms with E-state index in [9.17, 15) is 9.59 Å². The highest BCUT2D eigenvalue weighted by Crippen LogP contribution is 2.24. The number of H-pyrrole nitrogens is 1. The number of carbonyl (C=O) groups excluding carboxylic acids is 1. The third-order valence-corrected chi connectivity index (χ3v) is 5.22. The van der Waals surface area contributed by atoms with E-state index in [0.717, 1.165) is 10.6 Å². The second-order valence-corrected chi connectivity index (χ2v) is 7.58. The van der Waals surface area contributed by atoms with Crippen LogP contribution >= 0.6 is 11.8 Å². The molecule has 0 aliphatic carbocycles. The van der Waals surface area contributed by atoms with Gasteiger partial charge in [-0.2, -0.15) is 9.78 Å². The summed E-state index contributed by atoms with van der Waals surface area (Å²) in [7, 11) is 0. The number of amides is 1. The van der Waals surface area contributed by atoms with Gasteiger partial charge >= 0.3 is 0 Å². The van der Waals surface area contributed by atoms with Crippen LogP contribution in [0.4, 0.5) is 5.82 Å². The summed E-state index contributed by atoms with van der Waals surface area (Å²) in [6, 6.07) is 9.22. The number of benzene rings is 1. The van der Waals surface area contributed by atoms with Crippen LogP contribution in [0.3, 0.4) is 0 Å². The first-order chi connectivity index (χ1) is 13.4. The number of nitrogens with one attached hydrogen (secondary N) is 2. The minimum absolute atomic E-state index is 0.194. The van der Waals surface area contributed by atoms with Gasteiger partial charge in [0.25, 0.3) is 11.5 Å². The normalized spacial score (nSPS) is 10.9. The molecule has 0 atom stereocenters. The summed E-state index contributed by atoms with van der Waals surface area (Å²) >= 11 is 1.61. The zero-order valence-corrected chi connectivity index (χ0v) is 17.2. The number of hydrogen-bond acceptors (Lipinski definition) is 5. The zero-order valence-electron chi connectivity index (χ0n) is 16.4. The average Bonchev–Trinajstić information content (AvgIpc) is 3.02. The van der Waals surface area contributed by atoms with Crippen molar-refractivity contribution in [1.82, 2.24) is 19.7 Å². The van der Waals surface area contributed by atoms with Gasteiger partial charge < -0.3 is 5.32 Å². The minimum atomic E-state index is -0.234. The molecule has 0 fully saturated rings. The predicted octanol–water partition coefficient (Wildman–Crippen LogP) is 3.50. The molecule has 2 heterocycles. The SMILES string of the molecule is CCSc1ccccc1C(=O)Nc1cc(C)nn1-c1nc(C)c(CC)c(=O)[nH]1. The van der Waals surface area contributed by atoms with Crippen molar-refractivity contribution in [3.63, 3.8) is 0 Å². The number of nitrogens with zero attached hydrogens (tertiary/aromatic N) is 3. The first-order valence-corrected chi connectivity index (χ1v) is 10.1. The average molecular weight is 398 g/mol. The second kappa shape index (κ2) is 8.43. The summed E-state index contributed by atoms with van der Waals surface area (Å²) in [6.45, 7) is 7.57. The number of aryl methyl sites for hydroxylation is 2. The Balaban J connectivity index is 1.98. The summed E-state index contributed by atoms with van der Waals surface area (Å²) in [4.78, 5) is 33.3. The van der Waals surface area contributed by atoms with Gasteiger partial charge in [0, 0.05) is 22.2 Å². The van der Waals surface area contributed by atoms with Gasteiger partial charge in [-0.1, -0.05) is 26.0 Å². The molecule has 0 saturated carbocycles. The first kappa shape index (κ1) is 19.9. The zero-order chi connectivity index (χ0) is 20.3. The summed E-state index contributed by atoms with van der Waals surface area (Å²) in [5, 5.41) is 7.29. The van der Waals surface area contributed by atoms with Crippen molar-refractivity contribution in [2.75, 3.05) is 11.1 Å². The van der Waals surface area contributed by atoms with E-state index in [4.69, 9.17) is 0 Å². The quantitative estimate of drug-likeness (QED) is 0.621. The molecule has 0 aliphatic rings. The predicted molar refractivity (Wildman–Crippen MR) is 112 cm³/mol. The van der Waals surface area contributed by atoms with E-state index in [1.807, 2.05) is 39.0 Å². The smallest absolute Gasteiger partial charge is 0.257 e. The van der Waals surface area contributed by atoms with E-state index in [0.29, 0.717) is 34.8 Å². The molecule has 2 N–H and O–H groups in total. The largest absolute Gasteiger partial charge is 0.306 e. The summed E-state index contributed by atoms with van der Waals surface area (Å²) in [6.07, 6.45) is 0.599. The molecule has 0 radical (unpaired) electrons. The molecule has 0 saturated heterocycles. The molecular formula is C20H23N5O2S. The molecule has 1 amide bonds. The van der Waals surface area contributed by atoms with Crippen molar-refractivity contribution in [2.24, 2.45) is 0 Å². The first-order valence-electron chi connectivity index (χ1n) is 9.14. The maximum atomic E-state index is 12.9. The molecule has 3 aromatic rings. The standard InChI is InChI=1S/C20H23N5O2S/c1-5-14-13(4)21-20(23-18(14)26)25-17(11-12(3)24-25)22-19(27)15-9-7-8-10-16(15)28-6-2/h7-11H,5-6H2,1-4H3,(H,22,27)(H,21,23,26). The molecule has 7 nitrogen and oxygen atoms in total. The third kappa shape index (κ3) is 4.01. The lowest BCUT2D eigenvalue weighted by molar-refractivity contribution is 0.102. The molecule has 8 heteroatoms. The molecule has 0 aliphatic heterocycles. The molecule has 3 rings (SSSR count). The highest BCUT2D eigenvalue weighted by molar-refractivity contribution is 7.99. The Kier molecular flexibility index (Phi) is 5.99. The Bertz CT molecular complexity index is 1070. The number of rotatable bonds is 6. The number of thioether (sulfide) groups is 1. The lowest BCUT2D eigenvalue weighted by Gasteiger charge is -2.11. The highest BCUT2D eigenvalue weighted by Gasteiger charge is 2.17. The van der Waals surface area contributed by atoms with E-state index in [-0.39, 0.29) is 17.4 Å². The van der Waals surface area contributed by atoms with Crippen LogP contribution in [0.15, 0.2) is 40.0 Å². The summed E-state index contributed by atoms with van der Waals surface area (Å²) < 4.78 is 1.46. The molecule has 0 spiro atoms. The van der Waals surface area contributed by atoms with E-state index in [1.165, 1.54) is 4.68 Å². The van der Waals surface area contributed by atoms with Crippen LogP contribution in [0.2, 0.25) is 0 Å². The molecule has 28 heavy (non-hydrogen) atoms. The van der Waals surface area contributed by atoms with Gasteiger partial charge in [-0.25, -0.2) is 4.98 Å². The van der Waals surface area contributed by atoms with Crippen LogP contribution in [0.1, 0.15) is 41.2 Å². The maximum Gasteiger partial charge on any atom is 0.257 e. The topological polar surface area (TPSA) is 92.7 Å². The van der Waals surface area contributed by atoms with Crippen LogP contribution < -0.4 is 10.9 Å². The Morgan fingerprint density at radius 2 is 2.00 bits per heavy atom. The summed E-state index contributed by atoms with van der Waals surface area (Å²) in [5.41, 5.74) is 2.39. The van der Waals surface area contributed by atoms with E-state index >= 15 is 0 Å². The van der Waals surface area contributed by atoms with Gasteiger partial charge in [-0.05, 0) is 38.2 Å². The van der Waals surface area contributed by atoms with E-state index in [1.54, 1.807) is 30.8 Å².